The first kappa shape index (κ1) is 10.1. The fraction of sp³-hybridized carbons (Fsp3) is 1.00. The van der Waals surface area contributed by atoms with Crippen molar-refractivity contribution in [2.75, 3.05) is 13.2 Å². The molecule has 0 aromatic heterocycles. The maximum atomic E-state index is 11.8. The van der Waals surface area contributed by atoms with Crippen molar-refractivity contribution in [2.45, 2.75) is 18.4 Å². The Labute approximate surface area is 66.0 Å². The second-order valence-electron chi connectivity index (χ2n) is 2.86. The molecule has 3 N–H and O–H groups in total. The quantitative estimate of drug-likeness (QED) is 0.632. The monoisotopic (exact) mass is 169 g/mol. The van der Waals surface area contributed by atoms with Crippen LogP contribution in [0.15, 0.2) is 0 Å². The molecule has 1 aliphatic rings. The van der Waals surface area contributed by atoms with Gasteiger partial charge in [0.2, 0.25) is 0 Å². The minimum atomic E-state index is -0.725. The van der Waals surface area contributed by atoms with E-state index in [4.69, 9.17) is 5.73 Å². The molecule has 0 aromatic rings. The van der Waals surface area contributed by atoms with Crippen molar-refractivity contribution < 1.29 is 9.50 Å². The molecule has 0 spiro atoms. The first-order chi connectivity index (χ1) is 4.20. The van der Waals surface area contributed by atoms with E-state index >= 15 is 0 Å². The summed E-state index contributed by atoms with van der Waals surface area (Å²) in [6, 6.07) is 0. The summed E-state index contributed by atoms with van der Waals surface area (Å²) in [6.45, 7) is -0.0498. The smallest absolute Gasteiger partial charge is 0.0924 e. The van der Waals surface area contributed by atoms with Crippen molar-refractivity contribution in [1.82, 2.24) is 0 Å². The third kappa shape index (κ3) is 1.81. The number of halogens is 2. The molecular weight excluding hydrogens is 157 g/mol. The number of nitrogens with two attached hydrogens (primary N) is 1. The van der Waals surface area contributed by atoms with Crippen LogP contribution in [0.5, 0.6) is 0 Å². The van der Waals surface area contributed by atoms with Crippen molar-refractivity contribution in [2.24, 2.45) is 11.7 Å². The summed E-state index contributed by atoms with van der Waals surface area (Å²) >= 11 is 0. The van der Waals surface area contributed by atoms with Gasteiger partial charge in [-0.15, -0.1) is 12.4 Å². The van der Waals surface area contributed by atoms with Crippen LogP contribution >= 0.6 is 12.4 Å². The lowest BCUT2D eigenvalue weighted by atomic mass is 9.72. The largest absolute Gasteiger partial charge is 0.389 e. The van der Waals surface area contributed by atoms with E-state index in [1.54, 1.807) is 0 Å². The lowest BCUT2D eigenvalue weighted by Crippen LogP contribution is -2.50. The second-order valence-corrected chi connectivity index (χ2v) is 2.86. The highest BCUT2D eigenvalue weighted by Gasteiger charge is 2.41. The van der Waals surface area contributed by atoms with Gasteiger partial charge in [-0.05, 0) is 18.8 Å². The Hall–Kier alpha value is 0.140. The van der Waals surface area contributed by atoms with E-state index in [-0.39, 0.29) is 31.5 Å². The second kappa shape index (κ2) is 3.51. The van der Waals surface area contributed by atoms with Gasteiger partial charge in [0.25, 0.3) is 0 Å². The molecule has 2 nitrogen and oxygen atoms in total. The van der Waals surface area contributed by atoms with Crippen LogP contribution in [-0.2, 0) is 0 Å². The van der Waals surface area contributed by atoms with Gasteiger partial charge in [0.05, 0.1) is 12.3 Å². The van der Waals surface area contributed by atoms with E-state index in [2.05, 4.69) is 0 Å². The van der Waals surface area contributed by atoms with Crippen molar-refractivity contribution >= 4 is 12.4 Å². The van der Waals surface area contributed by atoms with Crippen LogP contribution in [0.1, 0.15) is 12.8 Å². The van der Waals surface area contributed by atoms with Gasteiger partial charge in [-0.3, -0.25) is 4.39 Å². The molecule has 1 saturated carbocycles. The van der Waals surface area contributed by atoms with Crippen molar-refractivity contribution in [3.63, 3.8) is 0 Å². The fourth-order valence-electron chi connectivity index (χ4n) is 1.29. The van der Waals surface area contributed by atoms with Gasteiger partial charge in [-0.2, -0.15) is 0 Å². The van der Waals surface area contributed by atoms with Crippen molar-refractivity contribution in [3.8, 4) is 0 Å². The van der Waals surface area contributed by atoms with Crippen LogP contribution in [0.4, 0.5) is 4.39 Å². The maximum absolute atomic E-state index is 11.8. The predicted octanol–water partition coefficient (Wildman–Crippen LogP) is 0.477. The summed E-state index contributed by atoms with van der Waals surface area (Å²) in [7, 11) is 0. The van der Waals surface area contributed by atoms with Crippen LogP contribution in [0.2, 0.25) is 0 Å². The van der Waals surface area contributed by atoms with Gasteiger partial charge in [0, 0.05) is 6.54 Å². The molecule has 0 amide bonds. The summed E-state index contributed by atoms with van der Waals surface area (Å²) in [5, 5.41) is 9.23. The zero-order valence-electron chi connectivity index (χ0n) is 5.72. The number of hydrogen-bond donors (Lipinski definition) is 2. The number of aliphatic hydroxyl groups is 1. The molecular formula is C6H13ClFNO. The van der Waals surface area contributed by atoms with E-state index in [0.717, 1.165) is 0 Å². The average molecular weight is 170 g/mol. The van der Waals surface area contributed by atoms with E-state index in [1.807, 2.05) is 0 Å². The predicted molar refractivity (Wildman–Crippen MR) is 40.0 cm³/mol. The summed E-state index contributed by atoms with van der Waals surface area (Å²) < 4.78 is 11.8. The first-order valence-electron chi connectivity index (χ1n) is 3.18. The highest BCUT2D eigenvalue weighted by atomic mass is 35.5. The normalized spacial score (nSPS) is 38.1. The Balaban J connectivity index is 0.000000810. The Morgan fingerprint density at radius 1 is 1.60 bits per heavy atom. The number of rotatable bonds is 2. The highest BCUT2D eigenvalue weighted by molar-refractivity contribution is 5.85. The number of alkyl halides is 1. The molecule has 0 heterocycles. The molecule has 0 atom stereocenters. The van der Waals surface area contributed by atoms with Crippen molar-refractivity contribution in [1.29, 1.82) is 0 Å². The summed E-state index contributed by atoms with van der Waals surface area (Å²) in [6.07, 6.45) is 1.08. The van der Waals surface area contributed by atoms with Crippen LogP contribution in [0, 0.1) is 5.92 Å². The van der Waals surface area contributed by atoms with Crippen LogP contribution in [0.3, 0.4) is 0 Å². The van der Waals surface area contributed by atoms with Crippen LogP contribution in [0.25, 0.3) is 0 Å². The van der Waals surface area contributed by atoms with E-state index < -0.39 is 5.60 Å². The number of hydrogen-bond acceptors (Lipinski definition) is 2. The molecule has 62 valence electrons. The summed E-state index contributed by atoms with van der Waals surface area (Å²) in [4.78, 5) is 0. The first-order valence-corrected chi connectivity index (χ1v) is 3.18. The molecule has 0 saturated heterocycles. The van der Waals surface area contributed by atoms with Crippen molar-refractivity contribution in [3.05, 3.63) is 0 Å². The van der Waals surface area contributed by atoms with Crippen LogP contribution in [-0.4, -0.2) is 23.9 Å². The van der Waals surface area contributed by atoms with Gasteiger partial charge in [0.15, 0.2) is 0 Å². The Morgan fingerprint density at radius 2 is 2.10 bits per heavy atom. The summed E-state index contributed by atoms with van der Waals surface area (Å²) in [5.41, 5.74) is 4.49. The molecule has 4 heteroatoms. The van der Waals surface area contributed by atoms with Gasteiger partial charge in [0.1, 0.15) is 0 Å². The molecule has 0 bridgehead atoms. The third-order valence-corrected chi connectivity index (χ3v) is 1.94. The average Bonchev–Trinajstić information content (AvgIpc) is 1.81. The Bertz CT molecular complexity index is 106. The van der Waals surface area contributed by atoms with Crippen LogP contribution < -0.4 is 5.73 Å². The Morgan fingerprint density at radius 3 is 2.40 bits per heavy atom. The maximum Gasteiger partial charge on any atom is 0.0924 e. The molecule has 1 aliphatic carbocycles. The van der Waals surface area contributed by atoms with Gasteiger partial charge in [-0.1, -0.05) is 0 Å². The third-order valence-electron chi connectivity index (χ3n) is 1.94. The van der Waals surface area contributed by atoms with E-state index in [1.165, 1.54) is 0 Å². The van der Waals surface area contributed by atoms with Gasteiger partial charge in [-0.25, -0.2) is 0 Å². The van der Waals surface area contributed by atoms with E-state index in [9.17, 15) is 9.50 Å². The molecule has 1 rings (SSSR count). The van der Waals surface area contributed by atoms with Gasteiger partial charge >= 0.3 is 0 Å². The minimum Gasteiger partial charge on any atom is -0.389 e. The lowest BCUT2D eigenvalue weighted by molar-refractivity contribution is -0.0708. The molecule has 0 radical (unpaired) electrons. The van der Waals surface area contributed by atoms with Gasteiger partial charge < -0.3 is 10.8 Å². The summed E-state index contributed by atoms with van der Waals surface area (Å²) in [5.74, 6) is 0.0681. The minimum absolute atomic E-state index is 0. The molecule has 0 aromatic carbocycles. The zero-order valence-corrected chi connectivity index (χ0v) is 6.53. The zero-order chi connectivity index (χ0) is 6.91. The topological polar surface area (TPSA) is 46.2 Å². The molecule has 10 heavy (non-hydrogen) atoms. The molecule has 1 fully saturated rings. The SMILES string of the molecule is Cl.NCC1(O)CC(CF)C1. The lowest BCUT2D eigenvalue weighted by Gasteiger charge is -2.41. The molecule has 0 aliphatic heterocycles. The fourth-order valence-corrected chi connectivity index (χ4v) is 1.29. The standard InChI is InChI=1S/C6H12FNO.ClH/c7-3-5-1-6(9,2-5)4-8;/h5,9H,1-4,8H2;1H. The highest BCUT2D eigenvalue weighted by Crippen LogP contribution is 2.36. The molecule has 0 unspecified atom stereocenters. The van der Waals surface area contributed by atoms with E-state index in [0.29, 0.717) is 12.8 Å². The Kier molecular flexibility index (Phi) is 3.56.